The van der Waals surface area contributed by atoms with Crippen LogP contribution in [0.5, 0.6) is 0 Å². The lowest BCUT2D eigenvalue weighted by molar-refractivity contribution is 0.211. The summed E-state index contributed by atoms with van der Waals surface area (Å²) in [5.41, 5.74) is -0.301. The molecule has 0 rings (SSSR count). The zero-order valence-electron chi connectivity index (χ0n) is 6.89. The summed E-state index contributed by atoms with van der Waals surface area (Å²) in [6.45, 7) is 17.4. The summed E-state index contributed by atoms with van der Waals surface area (Å²) in [5, 5.41) is 0. The predicted octanol–water partition coefficient (Wildman–Crippen LogP) is 1.33. The Balaban J connectivity index is 3.65. The lowest BCUT2D eigenvalue weighted by Gasteiger charge is -2.29. The molecule has 0 aliphatic rings. The third-order valence-electron chi connectivity index (χ3n) is 1.53. The second-order valence-corrected chi connectivity index (χ2v) is 2.96. The number of likely N-dealkylation sites (N-methyl/N-ethyl adjacent to an activating group) is 1. The Labute approximate surface area is 63.7 Å². The molecule has 0 saturated heterocycles. The molecule has 0 saturated carbocycles. The van der Waals surface area contributed by atoms with E-state index in [2.05, 4.69) is 4.85 Å². The summed E-state index contributed by atoms with van der Waals surface area (Å²) in [7, 11) is 1.92. The van der Waals surface area contributed by atoms with Crippen molar-refractivity contribution < 1.29 is 0 Å². The van der Waals surface area contributed by atoms with Gasteiger partial charge in [0.25, 0.3) is 0 Å². The summed E-state index contributed by atoms with van der Waals surface area (Å²) < 4.78 is 0. The van der Waals surface area contributed by atoms with Crippen molar-refractivity contribution in [2.45, 2.75) is 19.4 Å². The van der Waals surface area contributed by atoms with E-state index in [4.69, 9.17) is 13.5 Å². The van der Waals surface area contributed by atoms with Crippen LogP contribution in [0.3, 0.4) is 0 Å². The molecule has 0 unspecified atom stereocenters. The standard InChI is InChI=1S/C8H14N2/c1-8(2,3)10(5)7-6-9-4/h1H,6-7H2,2-3,5H3. The quantitative estimate of drug-likeness (QED) is 0.534. The van der Waals surface area contributed by atoms with Gasteiger partial charge in [-0.3, -0.25) is 4.90 Å². The summed E-state index contributed by atoms with van der Waals surface area (Å²) >= 11 is 0. The van der Waals surface area contributed by atoms with Crippen LogP contribution in [0.25, 0.3) is 4.85 Å². The molecule has 2 heteroatoms. The molecule has 0 spiro atoms. The maximum Gasteiger partial charge on any atom is 0.227 e. The molecular formula is C8H14N2. The van der Waals surface area contributed by atoms with E-state index in [0.717, 1.165) is 6.54 Å². The summed E-state index contributed by atoms with van der Waals surface area (Å²) in [6.07, 6.45) is 0. The van der Waals surface area contributed by atoms with Crippen molar-refractivity contribution >= 4 is 0 Å². The lowest BCUT2D eigenvalue weighted by Crippen LogP contribution is -2.39. The van der Waals surface area contributed by atoms with Crippen LogP contribution in [0.1, 0.15) is 13.8 Å². The molecule has 0 atom stereocenters. The highest BCUT2D eigenvalue weighted by Gasteiger charge is 2.16. The van der Waals surface area contributed by atoms with Crippen LogP contribution in [-0.2, 0) is 0 Å². The topological polar surface area (TPSA) is 7.60 Å². The van der Waals surface area contributed by atoms with Gasteiger partial charge in [-0.05, 0) is 27.8 Å². The molecule has 0 aromatic rings. The second-order valence-electron chi connectivity index (χ2n) is 2.96. The largest absolute Gasteiger partial charge is 0.316 e. The molecule has 0 N–H and O–H groups in total. The van der Waals surface area contributed by atoms with Crippen molar-refractivity contribution in [1.82, 2.24) is 4.90 Å². The first-order chi connectivity index (χ1) is 4.48. The Kier molecular flexibility index (Phi) is 3.38. The van der Waals surface area contributed by atoms with Gasteiger partial charge in [-0.15, -0.1) is 0 Å². The molecule has 0 aliphatic carbocycles. The third-order valence-corrected chi connectivity index (χ3v) is 1.53. The maximum atomic E-state index is 6.56. The summed E-state index contributed by atoms with van der Waals surface area (Å²) in [4.78, 5) is 5.21. The van der Waals surface area contributed by atoms with Crippen molar-refractivity contribution in [2.24, 2.45) is 0 Å². The number of rotatable bonds is 3. The Bertz CT molecular complexity index is 127. The molecule has 10 heavy (non-hydrogen) atoms. The van der Waals surface area contributed by atoms with Crippen LogP contribution in [0.4, 0.5) is 0 Å². The van der Waals surface area contributed by atoms with Crippen molar-refractivity contribution in [2.75, 3.05) is 20.1 Å². The van der Waals surface area contributed by atoms with Crippen LogP contribution in [0.15, 0.2) is 0 Å². The molecule has 2 nitrogen and oxygen atoms in total. The molecule has 0 amide bonds. The van der Waals surface area contributed by atoms with Crippen molar-refractivity contribution in [1.29, 1.82) is 0 Å². The normalized spacial score (nSPS) is 11.6. The van der Waals surface area contributed by atoms with Gasteiger partial charge in [0.05, 0.1) is 6.54 Å². The van der Waals surface area contributed by atoms with Crippen LogP contribution < -0.4 is 0 Å². The zero-order valence-corrected chi connectivity index (χ0v) is 6.89. The van der Waals surface area contributed by atoms with Gasteiger partial charge in [0.15, 0.2) is 0 Å². The molecule has 56 valence electrons. The molecule has 0 heterocycles. The number of hydrogen-bond donors (Lipinski definition) is 0. The summed E-state index contributed by atoms with van der Waals surface area (Å²) in [5.74, 6) is 0. The van der Waals surface area contributed by atoms with Gasteiger partial charge < -0.3 is 4.85 Å². The average molecular weight is 138 g/mol. The first-order valence-electron chi connectivity index (χ1n) is 3.32. The predicted molar refractivity (Wildman–Crippen MR) is 42.5 cm³/mol. The van der Waals surface area contributed by atoms with Gasteiger partial charge >= 0.3 is 0 Å². The van der Waals surface area contributed by atoms with E-state index in [0.29, 0.717) is 6.54 Å². The van der Waals surface area contributed by atoms with Gasteiger partial charge in [0.2, 0.25) is 6.54 Å². The molecular weight excluding hydrogens is 124 g/mol. The van der Waals surface area contributed by atoms with Gasteiger partial charge in [-0.1, -0.05) is 0 Å². The van der Waals surface area contributed by atoms with Gasteiger partial charge in [0.1, 0.15) is 0 Å². The smallest absolute Gasteiger partial charge is 0.227 e. The monoisotopic (exact) mass is 138 g/mol. The third kappa shape index (κ3) is 3.47. The molecule has 0 fully saturated rings. The fraction of sp³-hybridized carbons (Fsp3) is 0.750. The lowest BCUT2D eigenvalue weighted by atomic mass is 10.1. The van der Waals surface area contributed by atoms with Gasteiger partial charge in [0, 0.05) is 5.54 Å². The highest BCUT2D eigenvalue weighted by Crippen LogP contribution is 2.08. The SMILES string of the molecule is [C-]#[N+]CCN(C)C([CH])(C)C. The van der Waals surface area contributed by atoms with E-state index in [1.807, 2.05) is 25.8 Å². The van der Waals surface area contributed by atoms with E-state index in [9.17, 15) is 0 Å². The van der Waals surface area contributed by atoms with Crippen molar-refractivity contribution in [3.05, 3.63) is 18.3 Å². The Morgan fingerprint density at radius 2 is 2.10 bits per heavy atom. The van der Waals surface area contributed by atoms with E-state index in [1.54, 1.807) is 0 Å². The van der Waals surface area contributed by atoms with Crippen LogP contribution in [0.2, 0.25) is 0 Å². The van der Waals surface area contributed by atoms with Crippen molar-refractivity contribution in [3.8, 4) is 0 Å². The maximum absolute atomic E-state index is 6.56. The molecule has 0 aromatic carbocycles. The number of hydrogen-bond acceptors (Lipinski definition) is 1. The van der Waals surface area contributed by atoms with E-state index in [-0.39, 0.29) is 5.54 Å². The van der Waals surface area contributed by atoms with E-state index >= 15 is 0 Å². The Hall–Kier alpha value is -0.550. The minimum atomic E-state index is -0.301. The zero-order chi connectivity index (χ0) is 8.20. The Morgan fingerprint density at radius 3 is 2.40 bits per heavy atom. The van der Waals surface area contributed by atoms with Gasteiger partial charge in [-0.25, -0.2) is 6.57 Å². The van der Waals surface area contributed by atoms with Crippen LogP contribution >= 0.6 is 0 Å². The fourth-order valence-electron chi connectivity index (χ4n) is 0.488. The molecule has 2 radical (unpaired) electrons. The Morgan fingerprint density at radius 1 is 1.60 bits per heavy atom. The molecule has 0 aromatic heterocycles. The minimum absolute atomic E-state index is 0.301. The first-order valence-corrected chi connectivity index (χ1v) is 3.32. The van der Waals surface area contributed by atoms with Crippen LogP contribution in [0, 0.1) is 13.5 Å². The fourth-order valence-corrected chi connectivity index (χ4v) is 0.488. The van der Waals surface area contributed by atoms with Crippen LogP contribution in [-0.4, -0.2) is 30.6 Å². The highest BCUT2D eigenvalue weighted by molar-refractivity contribution is 4.82. The number of nitrogens with zero attached hydrogens (tertiary/aromatic N) is 2. The first kappa shape index (κ1) is 9.45. The van der Waals surface area contributed by atoms with Gasteiger partial charge in [-0.2, -0.15) is 0 Å². The highest BCUT2D eigenvalue weighted by atomic mass is 15.2. The average Bonchev–Trinajstić information content (AvgIpc) is 1.80. The molecule has 0 aliphatic heterocycles. The van der Waals surface area contributed by atoms with E-state index < -0.39 is 0 Å². The molecule has 0 bridgehead atoms. The van der Waals surface area contributed by atoms with Crippen molar-refractivity contribution in [3.63, 3.8) is 0 Å². The minimum Gasteiger partial charge on any atom is -0.316 e. The van der Waals surface area contributed by atoms with E-state index in [1.165, 1.54) is 0 Å². The summed E-state index contributed by atoms with van der Waals surface area (Å²) in [6, 6.07) is 0. The second kappa shape index (κ2) is 3.58.